The molecule has 3 rings (SSSR count). The molecule has 2 aromatic carbocycles. The van der Waals surface area contributed by atoms with Crippen LogP contribution < -0.4 is 20.1 Å². The third-order valence-corrected chi connectivity index (χ3v) is 3.98. The van der Waals surface area contributed by atoms with Crippen molar-refractivity contribution in [1.82, 2.24) is 10.6 Å². The quantitative estimate of drug-likeness (QED) is 0.815. The summed E-state index contributed by atoms with van der Waals surface area (Å²) in [5, 5.41) is 5.31. The molecular formula is C19H17F3N2O4. The first-order chi connectivity index (χ1) is 13.3. The van der Waals surface area contributed by atoms with E-state index in [1.165, 1.54) is 6.07 Å². The molecule has 0 aromatic heterocycles. The highest BCUT2D eigenvalue weighted by atomic mass is 19.4. The van der Waals surface area contributed by atoms with Crippen LogP contribution in [0.4, 0.5) is 13.2 Å². The molecule has 28 heavy (non-hydrogen) atoms. The number of carbonyl (C=O) groups is 2. The lowest BCUT2D eigenvalue weighted by Gasteiger charge is -2.23. The van der Waals surface area contributed by atoms with Crippen molar-refractivity contribution in [2.45, 2.75) is 25.2 Å². The Labute approximate surface area is 158 Å². The molecule has 0 bridgehead atoms. The average Bonchev–Trinajstić information content (AvgIpc) is 2.62. The minimum Gasteiger partial charge on any atom is -0.457 e. The van der Waals surface area contributed by atoms with Crippen molar-refractivity contribution in [3.8, 4) is 17.2 Å². The number of hydrogen-bond donors (Lipinski definition) is 2. The van der Waals surface area contributed by atoms with Gasteiger partial charge in [0.15, 0.2) is 0 Å². The standard InChI is InChI=1S/C19H17F3N2O4/c20-19(21,22)28-14-6-7-16(27-13-4-2-1-3-5-13)15(11-14)18(26)24-12-8-9-23-17(25)10-12/h1-7,11-12H,8-10H2,(H,23,25)(H,24,26). The largest absolute Gasteiger partial charge is 0.573 e. The Balaban J connectivity index is 1.86. The number of halogens is 3. The molecule has 2 N–H and O–H groups in total. The van der Waals surface area contributed by atoms with Crippen molar-refractivity contribution < 1.29 is 32.2 Å². The molecule has 9 heteroatoms. The van der Waals surface area contributed by atoms with Crippen LogP contribution in [0.5, 0.6) is 17.2 Å². The first kappa shape index (κ1) is 19.5. The molecule has 1 atom stereocenters. The van der Waals surface area contributed by atoms with Crippen molar-refractivity contribution in [1.29, 1.82) is 0 Å². The lowest BCUT2D eigenvalue weighted by molar-refractivity contribution is -0.274. The number of para-hydroxylation sites is 1. The number of nitrogens with one attached hydrogen (secondary N) is 2. The van der Waals surface area contributed by atoms with E-state index in [1.54, 1.807) is 30.3 Å². The van der Waals surface area contributed by atoms with E-state index in [4.69, 9.17) is 4.74 Å². The molecule has 148 valence electrons. The van der Waals surface area contributed by atoms with Gasteiger partial charge in [-0.25, -0.2) is 0 Å². The lowest BCUT2D eigenvalue weighted by atomic mass is 10.1. The summed E-state index contributed by atoms with van der Waals surface area (Å²) in [7, 11) is 0. The van der Waals surface area contributed by atoms with Crippen molar-refractivity contribution in [3.05, 3.63) is 54.1 Å². The zero-order valence-electron chi connectivity index (χ0n) is 14.6. The van der Waals surface area contributed by atoms with Gasteiger partial charge in [0.2, 0.25) is 5.91 Å². The Morgan fingerprint density at radius 1 is 1.11 bits per heavy atom. The molecule has 1 saturated heterocycles. The maximum atomic E-state index is 12.7. The van der Waals surface area contributed by atoms with Crippen molar-refractivity contribution in [2.75, 3.05) is 6.54 Å². The molecule has 0 spiro atoms. The fraction of sp³-hybridized carbons (Fsp3) is 0.263. The summed E-state index contributed by atoms with van der Waals surface area (Å²) in [6.45, 7) is 0.411. The monoisotopic (exact) mass is 394 g/mol. The molecular weight excluding hydrogens is 377 g/mol. The molecule has 0 saturated carbocycles. The van der Waals surface area contributed by atoms with E-state index in [9.17, 15) is 22.8 Å². The first-order valence-corrected chi connectivity index (χ1v) is 8.50. The van der Waals surface area contributed by atoms with Crippen LogP contribution in [-0.2, 0) is 4.79 Å². The van der Waals surface area contributed by atoms with Crippen LogP contribution >= 0.6 is 0 Å². The smallest absolute Gasteiger partial charge is 0.457 e. The van der Waals surface area contributed by atoms with Crippen molar-refractivity contribution in [3.63, 3.8) is 0 Å². The Morgan fingerprint density at radius 2 is 1.86 bits per heavy atom. The zero-order chi connectivity index (χ0) is 20.1. The minimum absolute atomic E-state index is 0.0680. The van der Waals surface area contributed by atoms with Crippen molar-refractivity contribution >= 4 is 11.8 Å². The number of alkyl halides is 3. The van der Waals surface area contributed by atoms with E-state index in [-0.39, 0.29) is 23.6 Å². The Hall–Kier alpha value is -3.23. The maximum Gasteiger partial charge on any atom is 0.573 e. The SMILES string of the molecule is O=C1CC(NC(=O)c2cc(OC(F)(F)F)ccc2Oc2ccccc2)CCN1. The summed E-state index contributed by atoms with van der Waals surface area (Å²) in [5.74, 6) is -0.916. The summed E-state index contributed by atoms with van der Waals surface area (Å²) in [6.07, 6.45) is -4.28. The second-order valence-electron chi connectivity index (χ2n) is 6.13. The molecule has 2 amide bonds. The number of amides is 2. The molecule has 6 nitrogen and oxygen atoms in total. The third-order valence-electron chi connectivity index (χ3n) is 3.98. The van der Waals surface area contributed by atoms with E-state index in [2.05, 4.69) is 15.4 Å². The van der Waals surface area contributed by atoms with Gasteiger partial charge < -0.3 is 20.1 Å². The van der Waals surface area contributed by atoms with Crippen LogP contribution in [0.2, 0.25) is 0 Å². The predicted molar refractivity (Wildman–Crippen MR) is 93.1 cm³/mol. The van der Waals surface area contributed by atoms with Gasteiger partial charge in [-0.3, -0.25) is 9.59 Å². The van der Waals surface area contributed by atoms with Gasteiger partial charge in [0.05, 0.1) is 5.56 Å². The number of hydrogen-bond acceptors (Lipinski definition) is 4. The summed E-state index contributed by atoms with van der Waals surface area (Å²) < 4.78 is 47.2. The summed E-state index contributed by atoms with van der Waals surface area (Å²) >= 11 is 0. The van der Waals surface area contributed by atoms with E-state index in [0.717, 1.165) is 12.1 Å². The Morgan fingerprint density at radius 3 is 2.54 bits per heavy atom. The fourth-order valence-electron chi connectivity index (χ4n) is 2.76. The van der Waals surface area contributed by atoms with Gasteiger partial charge in [0.25, 0.3) is 5.91 Å². The third kappa shape index (κ3) is 5.38. The average molecular weight is 394 g/mol. The second-order valence-corrected chi connectivity index (χ2v) is 6.13. The van der Waals surface area contributed by atoms with Crippen molar-refractivity contribution in [2.24, 2.45) is 0 Å². The number of ether oxygens (including phenoxy) is 2. The second kappa shape index (κ2) is 8.20. The maximum absolute atomic E-state index is 12.7. The van der Waals surface area contributed by atoms with Crippen LogP contribution in [0.1, 0.15) is 23.2 Å². The van der Waals surface area contributed by atoms with E-state index >= 15 is 0 Å². The Kier molecular flexibility index (Phi) is 5.72. The van der Waals surface area contributed by atoms with Crippen LogP contribution in [0.25, 0.3) is 0 Å². The summed E-state index contributed by atoms with van der Waals surface area (Å²) in [6, 6.07) is 11.3. The highest BCUT2D eigenvalue weighted by molar-refractivity contribution is 5.98. The molecule has 1 unspecified atom stereocenters. The summed E-state index contributed by atoms with van der Waals surface area (Å²) in [5.41, 5.74) is -0.128. The van der Waals surface area contributed by atoms with Crippen LogP contribution in [0, 0.1) is 0 Å². The molecule has 0 radical (unpaired) electrons. The normalized spacial score (nSPS) is 16.8. The number of benzene rings is 2. The van der Waals surface area contributed by atoms with Gasteiger partial charge in [-0.05, 0) is 36.8 Å². The molecule has 2 aromatic rings. The molecule has 1 heterocycles. The molecule has 1 fully saturated rings. The predicted octanol–water partition coefficient (Wildman–Crippen LogP) is 3.39. The highest BCUT2D eigenvalue weighted by Crippen LogP contribution is 2.31. The van der Waals surface area contributed by atoms with Crippen LogP contribution in [0.3, 0.4) is 0 Å². The number of rotatable bonds is 5. The highest BCUT2D eigenvalue weighted by Gasteiger charge is 2.32. The van der Waals surface area contributed by atoms with E-state index < -0.39 is 24.1 Å². The molecule has 0 aliphatic carbocycles. The van der Waals surface area contributed by atoms with Gasteiger partial charge in [-0.15, -0.1) is 13.2 Å². The fourth-order valence-corrected chi connectivity index (χ4v) is 2.76. The van der Waals surface area contributed by atoms with Crippen LogP contribution in [0.15, 0.2) is 48.5 Å². The van der Waals surface area contributed by atoms with Gasteiger partial charge in [0.1, 0.15) is 17.2 Å². The molecule has 1 aliphatic rings. The Bertz CT molecular complexity index is 856. The van der Waals surface area contributed by atoms with Gasteiger partial charge in [-0.2, -0.15) is 0 Å². The van der Waals surface area contributed by atoms with Gasteiger partial charge in [-0.1, -0.05) is 18.2 Å². The van der Waals surface area contributed by atoms with Crippen LogP contribution in [-0.4, -0.2) is 30.8 Å². The minimum atomic E-state index is -4.89. The van der Waals surface area contributed by atoms with Gasteiger partial charge in [0, 0.05) is 19.0 Å². The first-order valence-electron chi connectivity index (χ1n) is 8.50. The van der Waals surface area contributed by atoms with Gasteiger partial charge >= 0.3 is 6.36 Å². The number of piperidine rings is 1. The summed E-state index contributed by atoms with van der Waals surface area (Å²) in [4.78, 5) is 24.2. The zero-order valence-corrected chi connectivity index (χ0v) is 14.6. The number of carbonyl (C=O) groups excluding carboxylic acids is 2. The van der Waals surface area contributed by atoms with E-state index in [1.807, 2.05) is 0 Å². The topological polar surface area (TPSA) is 76.7 Å². The van der Waals surface area contributed by atoms with E-state index in [0.29, 0.717) is 18.7 Å². The lowest BCUT2D eigenvalue weighted by Crippen LogP contribution is -2.45. The molecule has 1 aliphatic heterocycles.